The van der Waals surface area contributed by atoms with E-state index in [9.17, 15) is 9.59 Å². The molecular formula is C17H19NO4. The van der Waals surface area contributed by atoms with Gasteiger partial charge in [-0.3, -0.25) is 9.59 Å². The van der Waals surface area contributed by atoms with Gasteiger partial charge in [0.2, 0.25) is 5.91 Å². The molecule has 0 aliphatic carbocycles. The van der Waals surface area contributed by atoms with Crippen molar-refractivity contribution < 1.29 is 19.4 Å². The second-order valence-corrected chi connectivity index (χ2v) is 5.14. The first kappa shape index (κ1) is 15.8. The van der Waals surface area contributed by atoms with Gasteiger partial charge in [-0.2, -0.15) is 0 Å². The van der Waals surface area contributed by atoms with E-state index in [4.69, 9.17) is 9.84 Å². The molecule has 0 spiro atoms. The lowest BCUT2D eigenvalue weighted by Gasteiger charge is -2.17. The fourth-order valence-corrected chi connectivity index (χ4v) is 2.28. The van der Waals surface area contributed by atoms with E-state index in [2.05, 4.69) is 0 Å². The van der Waals surface area contributed by atoms with E-state index < -0.39 is 5.97 Å². The summed E-state index contributed by atoms with van der Waals surface area (Å²) in [6.07, 6.45) is 0.187. The topological polar surface area (TPSA) is 66.8 Å². The third-order valence-corrected chi connectivity index (χ3v) is 3.61. The molecule has 2 rings (SSSR count). The number of carboxylic acids is 1. The van der Waals surface area contributed by atoms with Crippen molar-refractivity contribution >= 4 is 22.6 Å². The number of carbonyl (C=O) groups is 2. The van der Waals surface area contributed by atoms with Crippen LogP contribution in [0.4, 0.5) is 0 Å². The van der Waals surface area contributed by atoms with Crippen LogP contribution < -0.4 is 4.74 Å². The van der Waals surface area contributed by atoms with E-state index in [0.717, 1.165) is 22.1 Å². The lowest BCUT2D eigenvalue weighted by Crippen LogP contribution is -2.30. The minimum absolute atomic E-state index is 0.0500. The Kier molecular flexibility index (Phi) is 4.99. The van der Waals surface area contributed by atoms with Crippen molar-refractivity contribution in [1.82, 2.24) is 4.90 Å². The Balaban J connectivity index is 2.20. The van der Waals surface area contributed by atoms with Crippen LogP contribution in [0.2, 0.25) is 0 Å². The molecule has 0 bridgehead atoms. The van der Waals surface area contributed by atoms with E-state index in [-0.39, 0.29) is 25.3 Å². The maximum absolute atomic E-state index is 12.2. The highest BCUT2D eigenvalue weighted by Gasteiger charge is 2.13. The average Bonchev–Trinajstić information content (AvgIpc) is 2.52. The van der Waals surface area contributed by atoms with Crippen LogP contribution in [0.15, 0.2) is 36.4 Å². The Morgan fingerprint density at radius 3 is 2.68 bits per heavy atom. The summed E-state index contributed by atoms with van der Waals surface area (Å²) >= 11 is 0. The first-order valence-electron chi connectivity index (χ1n) is 7.02. The average molecular weight is 301 g/mol. The Labute approximate surface area is 129 Å². The number of likely N-dealkylation sites (N-methyl/N-ethyl adjacent to an activating group) is 1. The van der Waals surface area contributed by atoms with Crippen LogP contribution in [-0.2, 0) is 16.0 Å². The molecule has 5 nitrogen and oxygen atoms in total. The maximum Gasteiger partial charge on any atom is 0.305 e. The SMILES string of the molecule is COc1ccc2cccc(CC(=O)N(C)CCC(=O)O)c2c1. The molecule has 0 aromatic heterocycles. The van der Waals surface area contributed by atoms with Crippen molar-refractivity contribution in [1.29, 1.82) is 0 Å². The molecule has 0 aliphatic rings. The summed E-state index contributed by atoms with van der Waals surface area (Å²) in [6, 6.07) is 11.6. The standard InChI is InChI=1S/C17H19NO4/c1-18(9-8-17(20)21)16(19)10-13-5-3-4-12-6-7-14(22-2)11-15(12)13/h3-7,11H,8-10H2,1-2H3,(H,20,21). The van der Waals surface area contributed by atoms with Crippen LogP contribution in [0.1, 0.15) is 12.0 Å². The van der Waals surface area contributed by atoms with E-state index in [1.807, 2.05) is 36.4 Å². The molecule has 0 saturated carbocycles. The van der Waals surface area contributed by atoms with Crippen molar-refractivity contribution in [3.05, 3.63) is 42.0 Å². The van der Waals surface area contributed by atoms with Crippen LogP contribution in [0, 0.1) is 0 Å². The molecule has 0 atom stereocenters. The number of hydrogen-bond acceptors (Lipinski definition) is 3. The number of fused-ring (bicyclic) bond motifs is 1. The van der Waals surface area contributed by atoms with Gasteiger partial charge in [-0.25, -0.2) is 0 Å². The molecule has 0 aliphatic heterocycles. The molecule has 1 amide bonds. The van der Waals surface area contributed by atoms with Gasteiger partial charge in [-0.05, 0) is 28.5 Å². The van der Waals surface area contributed by atoms with Crippen LogP contribution in [0.25, 0.3) is 10.8 Å². The van der Waals surface area contributed by atoms with Crippen molar-refractivity contribution in [3.63, 3.8) is 0 Å². The first-order valence-corrected chi connectivity index (χ1v) is 7.02. The number of amides is 1. The zero-order valence-corrected chi connectivity index (χ0v) is 12.7. The van der Waals surface area contributed by atoms with Gasteiger partial charge in [-0.15, -0.1) is 0 Å². The van der Waals surface area contributed by atoms with Crippen LogP contribution in [-0.4, -0.2) is 42.6 Å². The molecule has 2 aromatic carbocycles. The summed E-state index contributed by atoms with van der Waals surface area (Å²) in [5.41, 5.74) is 0.906. The van der Waals surface area contributed by atoms with Crippen LogP contribution >= 0.6 is 0 Å². The monoisotopic (exact) mass is 301 g/mol. The number of benzene rings is 2. The number of hydrogen-bond donors (Lipinski definition) is 1. The number of carboxylic acid groups (broad SMARTS) is 1. The van der Waals surface area contributed by atoms with E-state index >= 15 is 0 Å². The quantitative estimate of drug-likeness (QED) is 0.889. The highest BCUT2D eigenvalue weighted by molar-refractivity contribution is 5.91. The largest absolute Gasteiger partial charge is 0.497 e. The number of aliphatic carboxylic acids is 1. The van der Waals surface area contributed by atoms with Gasteiger partial charge in [0.1, 0.15) is 5.75 Å². The summed E-state index contributed by atoms with van der Waals surface area (Å²) in [4.78, 5) is 24.3. The number of nitrogens with zero attached hydrogens (tertiary/aromatic N) is 1. The zero-order chi connectivity index (χ0) is 16.1. The molecule has 0 fully saturated rings. The normalized spacial score (nSPS) is 10.5. The lowest BCUT2D eigenvalue weighted by molar-refractivity contribution is -0.138. The number of carbonyl (C=O) groups excluding carboxylic acids is 1. The van der Waals surface area contributed by atoms with Crippen molar-refractivity contribution in [2.75, 3.05) is 20.7 Å². The van der Waals surface area contributed by atoms with Gasteiger partial charge < -0.3 is 14.7 Å². The Bertz CT molecular complexity index is 696. The second-order valence-electron chi connectivity index (χ2n) is 5.14. The highest BCUT2D eigenvalue weighted by atomic mass is 16.5. The first-order chi connectivity index (χ1) is 10.5. The van der Waals surface area contributed by atoms with Gasteiger partial charge in [0, 0.05) is 13.6 Å². The van der Waals surface area contributed by atoms with Crippen LogP contribution in [0.5, 0.6) is 5.75 Å². The van der Waals surface area contributed by atoms with Gasteiger partial charge in [0.05, 0.1) is 20.0 Å². The summed E-state index contributed by atoms with van der Waals surface area (Å²) in [5, 5.41) is 10.7. The fraction of sp³-hybridized carbons (Fsp3) is 0.294. The number of ether oxygens (including phenoxy) is 1. The minimum Gasteiger partial charge on any atom is -0.497 e. The smallest absolute Gasteiger partial charge is 0.305 e. The third kappa shape index (κ3) is 3.75. The van der Waals surface area contributed by atoms with Gasteiger partial charge in [0.15, 0.2) is 0 Å². The van der Waals surface area contributed by atoms with Gasteiger partial charge >= 0.3 is 5.97 Å². The summed E-state index contributed by atoms with van der Waals surface area (Å²) in [7, 11) is 3.23. The van der Waals surface area contributed by atoms with E-state index in [1.165, 1.54) is 4.90 Å². The predicted molar refractivity (Wildman–Crippen MR) is 84.1 cm³/mol. The van der Waals surface area contributed by atoms with Gasteiger partial charge in [0.25, 0.3) is 0 Å². The Hall–Kier alpha value is -2.56. The molecule has 1 N–H and O–H groups in total. The Morgan fingerprint density at radius 2 is 2.00 bits per heavy atom. The second kappa shape index (κ2) is 6.93. The molecule has 22 heavy (non-hydrogen) atoms. The molecule has 5 heteroatoms. The molecule has 0 saturated heterocycles. The maximum atomic E-state index is 12.2. The Morgan fingerprint density at radius 1 is 1.23 bits per heavy atom. The molecule has 0 heterocycles. The summed E-state index contributed by atoms with van der Waals surface area (Å²) < 4.78 is 5.23. The number of methoxy groups -OCH3 is 1. The highest BCUT2D eigenvalue weighted by Crippen LogP contribution is 2.24. The molecule has 2 aromatic rings. The molecule has 0 unspecified atom stereocenters. The predicted octanol–water partition coefficient (Wildman–Crippen LogP) is 2.32. The number of rotatable bonds is 6. The minimum atomic E-state index is -0.908. The van der Waals surface area contributed by atoms with Gasteiger partial charge in [-0.1, -0.05) is 24.3 Å². The molecule has 116 valence electrons. The van der Waals surface area contributed by atoms with Crippen LogP contribution in [0.3, 0.4) is 0 Å². The van der Waals surface area contributed by atoms with E-state index in [1.54, 1.807) is 14.2 Å². The molecule has 0 radical (unpaired) electrons. The fourth-order valence-electron chi connectivity index (χ4n) is 2.28. The van der Waals surface area contributed by atoms with E-state index in [0.29, 0.717) is 0 Å². The van der Waals surface area contributed by atoms with Crippen molar-refractivity contribution in [2.45, 2.75) is 12.8 Å². The third-order valence-electron chi connectivity index (χ3n) is 3.61. The zero-order valence-electron chi connectivity index (χ0n) is 12.7. The lowest BCUT2D eigenvalue weighted by atomic mass is 10.0. The van der Waals surface area contributed by atoms with Crippen molar-refractivity contribution in [3.8, 4) is 5.75 Å². The molecular weight excluding hydrogens is 282 g/mol. The summed E-state index contributed by atoms with van der Waals surface area (Å²) in [6.45, 7) is 0.211. The summed E-state index contributed by atoms with van der Waals surface area (Å²) in [5.74, 6) is -0.266. The van der Waals surface area contributed by atoms with Crippen molar-refractivity contribution in [2.24, 2.45) is 0 Å².